The van der Waals surface area contributed by atoms with Gasteiger partial charge in [0.2, 0.25) is 0 Å². The fraction of sp³-hybridized carbons (Fsp3) is 0.412. The number of aromatic nitrogens is 2. The number of amides is 1. The zero-order valence-electron chi connectivity index (χ0n) is 13.7. The van der Waals surface area contributed by atoms with E-state index in [9.17, 15) is 9.18 Å². The van der Waals surface area contributed by atoms with Crippen molar-refractivity contribution in [1.82, 2.24) is 14.5 Å². The number of nitrogens with zero attached hydrogens (tertiary/aromatic N) is 3. The molecule has 0 N–H and O–H groups in total. The van der Waals surface area contributed by atoms with Gasteiger partial charge >= 0.3 is 0 Å². The van der Waals surface area contributed by atoms with E-state index >= 15 is 0 Å². The average molecular weight is 333 g/mol. The number of halogens is 1. The second-order valence-electron chi connectivity index (χ2n) is 5.86. The molecule has 1 amide bonds. The molecule has 7 heteroatoms. The molecule has 2 heterocycles. The second-order valence-corrected chi connectivity index (χ2v) is 5.86. The fourth-order valence-electron chi connectivity index (χ4n) is 3.02. The molecule has 0 saturated heterocycles. The molecular weight excluding hydrogens is 313 g/mol. The normalized spacial score (nSPS) is 16.8. The van der Waals surface area contributed by atoms with Gasteiger partial charge in [-0.2, -0.15) is 0 Å². The highest BCUT2D eigenvalue weighted by atomic mass is 19.1. The molecule has 0 radical (unpaired) electrons. The predicted octanol–water partition coefficient (Wildman–Crippen LogP) is 1.71. The van der Waals surface area contributed by atoms with E-state index in [2.05, 4.69) is 4.98 Å². The summed E-state index contributed by atoms with van der Waals surface area (Å²) in [5.74, 6) is 0.0845. The first-order chi connectivity index (χ1) is 11.6. The Morgan fingerprint density at radius 2 is 2.12 bits per heavy atom. The quantitative estimate of drug-likeness (QED) is 0.836. The third kappa shape index (κ3) is 3.41. The Kier molecular flexibility index (Phi) is 4.80. The van der Waals surface area contributed by atoms with Gasteiger partial charge in [0.1, 0.15) is 11.6 Å². The summed E-state index contributed by atoms with van der Waals surface area (Å²) in [5.41, 5.74) is 2.00. The summed E-state index contributed by atoms with van der Waals surface area (Å²) >= 11 is 0. The van der Waals surface area contributed by atoms with Crippen molar-refractivity contribution < 1.29 is 18.7 Å². The molecule has 1 unspecified atom stereocenters. The first kappa shape index (κ1) is 16.4. The number of carbonyl (C=O) groups excluding carboxylic acids is 1. The number of hydrogen-bond donors (Lipinski definition) is 0. The third-order valence-corrected chi connectivity index (χ3v) is 4.13. The molecule has 1 aromatic carbocycles. The molecule has 2 aromatic rings. The Morgan fingerprint density at radius 3 is 2.83 bits per heavy atom. The van der Waals surface area contributed by atoms with Crippen molar-refractivity contribution in [2.45, 2.75) is 12.5 Å². The van der Waals surface area contributed by atoms with Gasteiger partial charge in [-0.1, -0.05) is 0 Å². The summed E-state index contributed by atoms with van der Waals surface area (Å²) in [6.07, 6.45) is 1.76. The van der Waals surface area contributed by atoms with Crippen LogP contribution in [0.2, 0.25) is 0 Å². The van der Waals surface area contributed by atoms with E-state index in [1.165, 1.54) is 24.3 Å². The zero-order chi connectivity index (χ0) is 17.1. The number of hydrogen-bond acceptors (Lipinski definition) is 4. The lowest BCUT2D eigenvalue weighted by Gasteiger charge is -2.32. The lowest BCUT2D eigenvalue weighted by Crippen LogP contribution is -2.42. The number of ether oxygens (including phenoxy) is 2. The van der Waals surface area contributed by atoms with Crippen molar-refractivity contribution >= 4 is 5.91 Å². The highest BCUT2D eigenvalue weighted by Crippen LogP contribution is 2.27. The molecular formula is C17H20FN3O3. The number of carbonyl (C=O) groups is 1. The van der Waals surface area contributed by atoms with Crippen LogP contribution in [0.25, 0.3) is 0 Å². The highest BCUT2D eigenvalue weighted by Gasteiger charge is 2.31. The van der Waals surface area contributed by atoms with Gasteiger partial charge in [-0.25, -0.2) is 9.37 Å². The molecule has 0 aliphatic carbocycles. The number of benzene rings is 1. The highest BCUT2D eigenvalue weighted by molar-refractivity contribution is 5.78. The second kappa shape index (κ2) is 7.00. The van der Waals surface area contributed by atoms with Crippen molar-refractivity contribution in [3.63, 3.8) is 0 Å². The minimum absolute atomic E-state index is 0.0843. The van der Waals surface area contributed by atoms with Crippen LogP contribution in [0.1, 0.15) is 17.3 Å². The fourth-order valence-corrected chi connectivity index (χ4v) is 3.02. The van der Waals surface area contributed by atoms with Crippen molar-refractivity contribution in [3.8, 4) is 5.75 Å². The van der Waals surface area contributed by atoms with Crippen molar-refractivity contribution in [3.05, 3.63) is 47.8 Å². The van der Waals surface area contributed by atoms with Crippen LogP contribution < -0.4 is 4.74 Å². The summed E-state index contributed by atoms with van der Waals surface area (Å²) in [6, 6.07) is 5.61. The summed E-state index contributed by atoms with van der Waals surface area (Å²) in [5, 5.41) is 0. The average Bonchev–Trinajstić information content (AvgIpc) is 2.96. The van der Waals surface area contributed by atoms with E-state index in [0.717, 1.165) is 11.4 Å². The summed E-state index contributed by atoms with van der Waals surface area (Å²) in [6.45, 7) is 1.45. The Balaban J connectivity index is 1.66. The Hall–Kier alpha value is -2.41. The molecule has 1 aliphatic rings. The Morgan fingerprint density at radius 1 is 1.38 bits per heavy atom. The maximum atomic E-state index is 12.9. The van der Waals surface area contributed by atoms with E-state index in [4.69, 9.17) is 9.47 Å². The van der Waals surface area contributed by atoms with Gasteiger partial charge in [-0.3, -0.25) is 4.79 Å². The van der Waals surface area contributed by atoms with Gasteiger partial charge in [0.05, 0.1) is 25.2 Å². The largest absolute Gasteiger partial charge is 0.484 e. The van der Waals surface area contributed by atoms with E-state index in [1.807, 2.05) is 11.6 Å². The maximum Gasteiger partial charge on any atom is 0.260 e. The number of imidazole rings is 1. The molecule has 0 spiro atoms. The van der Waals surface area contributed by atoms with Crippen molar-refractivity contribution in [1.29, 1.82) is 0 Å². The van der Waals surface area contributed by atoms with Gasteiger partial charge in [-0.05, 0) is 24.3 Å². The summed E-state index contributed by atoms with van der Waals surface area (Å²) in [4.78, 5) is 18.6. The van der Waals surface area contributed by atoms with Crippen LogP contribution in [-0.4, -0.2) is 47.2 Å². The van der Waals surface area contributed by atoms with Crippen molar-refractivity contribution in [2.24, 2.45) is 7.05 Å². The molecule has 3 rings (SSSR count). The van der Waals surface area contributed by atoms with Gasteiger partial charge in [0.25, 0.3) is 5.91 Å². The standard InChI is InChI=1S/C17H20FN3O3/c1-20-11-19-15-8-21(7-12(9-23-2)17(15)20)16(22)10-24-14-5-3-13(18)4-6-14/h3-6,11-12H,7-10H2,1-2H3. The van der Waals surface area contributed by atoms with Crippen LogP contribution in [0.3, 0.4) is 0 Å². The van der Waals surface area contributed by atoms with Gasteiger partial charge < -0.3 is 18.9 Å². The molecule has 6 nitrogen and oxygen atoms in total. The van der Waals surface area contributed by atoms with Gasteiger partial charge in [0.15, 0.2) is 6.61 Å². The number of methoxy groups -OCH3 is 1. The van der Waals surface area contributed by atoms with Crippen LogP contribution >= 0.6 is 0 Å². The van der Waals surface area contributed by atoms with Crippen LogP contribution in [-0.2, 0) is 23.1 Å². The van der Waals surface area contributed by atoms with Crippen LogP contribution in [0, 0.1) is 5.82 Å². The molecule has 1 aromatic heterocycles. The molecule has 0 fully saturated rings. The third-order valence-electron chi connectivity index (χ3n) is 4.13. The topological polar surface area (TPSA) is 56.6 Å². The Labute approximate surface area is 139 Å². The zero-order valence-corrected chi connectivity index (χ0v) is 13.7. The Bertz CT molecular complexity index is 714. The first-order valence-electron chi connectivity index (χ1n) is 7.73. The van der Waals surface area contributed by atoms with Crippen LogP contribution in [0.15, 0.2) is 30.6 Å². The summed E-state index contributed by atoms with van der Waals surface area (Å²) in [7, 11) is 3.60. The van der Waals surface area contributed by atoms with Gasteiger partial charge in [-0.15, -0.1) is 0 Å². The van der Waals surface area contributed by atoms with E-state index < -0.39 is 0 Å². The van der Waals surface area contributed by atoms with E-state index in [0.29, 0.717) is 25.4 Å². The smallest absolute Gasteiger partial charge is 0.260 e. The van der Waals surface area contributed by atoms with Crippen molar-refractivity contribution in [2.75, 3.05) is 26.9 Å². The van der Waals surface area contributed by atoms with E-state index in [1.54, 1.807) is 18.3 Å². The SMILES string of the molecule is COCC1CN(C(=O)COc2ccc(F)cc2)Cc2ncn(C)c21. The number of rotatable bonds is 5. The molecule has 1 aliphatic heterocycles. The first-order valence-corrected chi connectivity index (χ1v) is 7.73. The summed E-state index contributed by atoms with van der Waals surface area (Å²) < 4.78 is 25.6. The van der Waals surface area contributed by atoms with Gasteiger partial charge in [0, 0.05) is 32.3 Å². The maximum absolute atomic E-state index is 12.9. The number of fused-ring (bicyclic) bond motifs is 1. The molecule has 0 bridgehead atoms. The molecule has 1 atom stereocenters. The molecule has 0 saturated carbocycles. The predicted molar refractivity (Wildman–Crippen MR) is 85.1 cm³/mol. The minimum Gasteiger partial charge on any atom is -0.484 e. The van der Waals surface area contributed by atoms with E-state index in [-0.39, 0.29) is 24.2 Å². The monoisotopic (exact) mass is 333 g/mol. The van der Waals surface area contributed by atoms with Crippen LogP contribution in [0.5, 0.6) is 5.75 Å². The lowest BCUT2D eigenvalue weighted by atomic mass is 9.99. The molecule has 24 heavy (non-hydrogen) atoms. The number of aryl methyl sites for hydroxylation is 1. The molecule has 128 valence electrons. The minimum atomic E-state index is -0.338. The van der Waals surface area contributed by atoms with Crippen LogP contribution in [0.4, 0.5) is 4.39 Å². The lowest BCUT2D eigenvalue weighted by molar-refractivity contribution is -0.135.